The quantitative estimate of drug-likeness (QED) is 0.0434. The maximum atomic E-state index is 5.61. The van der Waals surface area contributed by atoms with Crippen LogP contribution in [-0.2, 0) is 0 Å². The van der Waals surface area contributed by atoms with Gasteiger partial charge in [0.25, 0.3) is 0 Å². The lowest BCUT2D eigenvalue weighted by Crippen LogP contribution is -2.36. The molecule has 16 N–H and O–H groups in total. The zero-order valence-corrected chi connectivity index (χ0v) is 26.2. The molecule has 0 amide bonds. The molecule has 0 spiro atoms. The Morgan fingerprint density at radius 1 is 0.200 bits per heavy atom. The van der Waals surface area contributed by atoms with Crippen LogP contribution < -0.4 is 45.9 Å². The van der Waals surface area contributed by atoms with E-state index in [0.717, 1.165) is 130 Å². The Balaban J connectivity index is 0. The van der Waals surface area contributed by atoms with Crippen LogP contribution in [0.2, 0.25) is 0 Å². The molecule has 0 atom stereocenters. The van der Waals surface area contributed by atoms with Gasteiger partial charge in [-0.05, 0) is 130 Å². The second-order valence-corrected chi connectivity index (χ2v) is 10.5. The first kappa shape index (κ1) is 41.7. The summed E-state index contributed by atoms with van der Waals surface area (Å²) in [5.41, 5.74) is 44.7. The molecule has 244 valence electrons. The highest BCUT2D eigenvalue weighted by molar-refractivity contribution is 4.64. The topological polar surface area (TPSA) is 221 Å². The molecule has 0 aliphatic carbocycles. The van der Waals surface area contributed by atoms with Gasteiger partial charge in [-0.2, -0.15) is 0 Å². The number of hydrogen-bond acceptors (Lipinski definition) is 12. The maximum absolute atomic E-state index is 5.61. The smallest absolute Gasteiger partial charge is 0.0105 e. The number of nitrogens with two attached hydrogens (primary N) is 8. The number of nitrogens with zero attached hydrogens (tertiary/aromatic N) is 4. The van der Waals surface area contributed by atoms with E-state index in [1.165, 1.54) is 25.7 Å². The molecule has 0 bridgehead atoms. The molecule has 0 aromatic heterocycles. The largest absolute Gasteiger partial charge is 0.330 e. The first-order chi connectivity index (χ1) is 19.6. The van der Waals surface area contributed by atoms with Crippen LogP contribution in [0, 0.1) is 0 Å². The predicted molar refractivity (Wildman–Crippen MR) is 175 cm³/mol. The predicted octanol–water partition coefficient (Wildman–Crippen LogP) is -2.03. The Kier molecular flexibility index (Phi) is 36.2. The van der Waals surface area contributed by atoms with Crippen LogP contribution in [0.4, 0.5) is 0 Å². The van der Waals surface area contributed by atoms with E-state index in [4.69, 9.17) is 45.9 Å². The van der Waals surface area contributed by atoms with E-state index in [1.54, 1.807) is 0 Å². The van der Waals surface area contributed by atoms with Crippen molar-refractivity contribution in [2.24, 2.45) is 45.9 Å². The zero-order chi connectivity index (χ0) is 30.1. The molecule has 0 aromatic carbocycles. The number of rotatable bonds is 30. The molecule has 0 saturated carbocycles. The first-order valence-electron chi connectivity index (χ1n) is 16.1. The van der Waals surface area contributed by atoms with E-state index in [2.05, 4.69) is 19.6 Å². The molecule has 0 aliphatic heterocycles. The Bertz CT molecular complexity index is 393. The van der Waals surface area contributed by atoms with Gasteiger partial charge in [-0.15, -0.1) is 0 Å². The van der Waals surface area contributed by atoms with Crippen LogP contribution >= 0.6 is 0 Å². The fraction of sp³-hybridized carbons (Fsp3) is 1.00. The highest BCUT2D eigenvalue weighted by Gasteiger charge is 2.07. The van der Waals surface area contributed by atoms with Crippen LogP contribution in [0.1, 0.15) is 51.4 Å². The Labute approximate surface area is 247 Å². The van der Waals surface area contributed by atoms with Crippen molar-refractivity contribution >= 4 is 0 Å². The van der Waals surface area contributed by atoms with E-state index in [9.17, 15) is 0 Å². The van der Waals surface area contributed by atoms with Gasteiger partial charge in [0, 0.05) is 52.4 Å². The average molecular weight is 577 g/mol. The first-order valence-corrected chi connectivity index (χ1v) is 16.1. The summed E-state index contributed by atoms with van der Waals surface area (Å²) >= 11 is 0. The minimum atomic E-state index is 0.701. The fourth-order valence-corrected chi connectivity index (χ4v) is 4.67. The van der Waals surface area contributed by atoms with Crippen molar-refractivity contribution in [1.82, 2.24) is 19.6 Å². The fourth-order valence-electron chi connectivity index (χ4n) is 4.67. The van der Waals surface area contributed by atoms with Crippen molar-refractivity contribution < 1.29 is 0 Å². The molecular formula is C28H72N12. The summed E-state index contributed by atoms with van der Waals surface area (Å²) in [6.45, 7) is 18.5. The Hall–Kier alpha value is -0.480. The van der Waals surface area contributed by atoms with Crippen LogP contribution in [0.15, 0.2) is 0 Å². The Morgan fingerprint density at radius 3 is 0.550 bits per heavy atom. The molecule has 0 aliphatic rings. The lowest BCUT2D eigenvalue weighted by atomic mass is 10.2. The summed E-state index contributed by atoms with van der Waals surface area (Å²) < 4.78 is 0. The standard InChI is InChI=1S/C16H40N6.C12H32N6/c17-7-3-13-21(14-4-8-18)11-1-2-12-22(15-5-9-19)16-6-10-20;13-3-9-17(10-4-14)7-1-2-8-18(11-5-15)12-6-16/h1-20H2;1-16H2. The molecule has 0 heterocycles. The molecule has 12 heteroatoms. The van der Waals surface area contributed by atoms with Gasteiger partial charge in [0.2, 0.25) is 0 Å². The third kappa shape index (κ3) is 29.0. The zero-order valence-electron chi connectivity index (χ0n) is 26.2. The van der Waals surface area contributed by atoms with Crippen molar-refractivity contribution in [2.75, 3.05) is 131 Å². The average Bonchev–Trinajstić information content (AvgIpc) is 2.96. The minimum Gasteiger partial charge on any atom is -0.330 e. The summed E-state index contributed by atoms with van der Waals surface area (Å²) in [7, 11) is 0. The lowest BCUT2D eigenvalue weighted by molar-refractivity contribution is 0.237. The second kappa shape index (κ2) is 34.7. The molecule has 12 nitrogen and oxygen atoms in total. The van der Waals surface area contributed by atoms with Gasteiger partial charge in [-0.1, -0.05) is 0 Å². The highest BCUT2D eigenvalue weighted by Crippen LogP contribution is 2.02. The van der Waals surface area contributed by atoms with Gasteiger partial charge in [-0.25, -0.2) is 0 Å². The molecule has 0 radical (unpaired) electrons. The molecule has 40 heavy (non-hydrogen) atoms. The number of unbranched alkanes of at least 4 members (excludes halogenated alkanes) is 2. The van der Waals surface area contributed by atoms with Crippen molar-refractivity contribution in [2.45, 2.75) is 51.4 Å². The van der Waals surface area contributed by atoms with Crippen LogP contribution in [-0.4, -0.2) is 150 Å². The molecule has 0 aromatic rings. The van der Waals surface area contributed by atoms with Crippen molar-refractivity contribution in [3.05, 3.63) is 0 Å². The monoisotopic (exact) mass is 577 g/mol. The van der Waals surface area contributed by atoms with Gasteiger partial charge >= 0.3 is 0 Å². The van der Waals surface area contributed by atoms with E-state index in [1.807, 2.05) is 0 Å². The van der Waals surface area contributed by atoms with Crippen molar-refractivity contribution in [3.63, 3.8) is 0 Å². The molecule has 0 fully saturated rings. The van der Waals surface area contributed by atoms with Gasteiger partial charge < -0.3 is 65.5 Å². The summed E-state index contributed by atoms with van der Waals surface area (Å²) in [6.07, 6.45) is 9.10. The van der Waals surface area contributed by atoms with Gasteiger partial charge in [0.05, 0.1) is 0 Å². The second-order valence-electron chi connectivity index (χ2n) is 10.5. The van der Waals surface area contributed by atoms with E-state index >= 15 is 0 Å². The van der Waals surface area contributed by atoms with E-state index in [0.29, 0.717) is 26.2 Å². The number of hydrogen-bond donors (Lipinski definition) is 8. The highest BCUT2D eigenvalue weighted by atomic mass is 15.1. The Morgan fingerprint density at radius 2 is 0.375 bits per heavy atom. The van der Waals surface area contributed by atoms with Crippen LogP contribution in [0.25, 0.3) is 0 Å². The SMILES string of the molecule is NCCCN(CCCN)CCCCN(CCCN)CCCN.NCCN(CCN)CCCCN(CCN)CCN. The minimum absolute atomic E-state index is 0.701. The van der Waals surface area contributed by atoms with E-state index in [-0.39, 0.29) is 0 Å². The third-order valence-electron chi connectivity index (χ3n) is 6.89. The van der Waals surface area contributed by atoms with Crippen molar-refractivity contribution in [3.8, 4) is 0 Å². The summed E-state index contributed by atoms with van der Waals surface area (Å²) in [6, 6.07) is 0. The van der Waals surface area contributed by atoms with Gasteiger partial charge in [-0.3, -0.25) is 0 Å². The summed E-state index contributed by atoms with van der Waals surface area (Å²) in [5, 5.41) is 0. The van der Waals surface area contributed by atoms with Gasteiger partial charge in [0.1, 0.15) is 0 Å². The van der Waals surface area contributed by atoms with Crippen LogP contribution in [0.5, 0.6) is 0 Å². The van der Waals surface area contributed by atoms with Crippen LogP contribution in [0.3, 0.4) is 0 Å². The summed E-state index contributed by atoms with van der Waals surface area (Å²) in [5.74, 6) is 0. The van der Waals surface area contributed by atoms with Crippen molar-refractivity contribution in [1.29, 1.82) is 0 Å². The lowest BCUT2D eigenvalue weighted by Gasteiger charge is -2.24. The van der Waals surface area contributed by atoms with Gasteiger partial charge in [0.15, 0.2) is 0 Å². The molecule has 0 rings (SSSR count). The molecule has 0 saturated heterocycles. The normalized spacial score (nSPS) is 11.7. The third-order valence-corrected chi connectivity index (χ3v) is 6.89. The van der Waals surface area contributed by atoms with E-state index < -0.39 is 0 Å². The molecular weight excluding hydrogens is 504 g/mol. The molecule has 0 unspecified atom stereocenters. The maximum Gasteiger partial charge on any atom is 0.0105 e. The summed E-state index contributed by atoms with van der Waals surface area (Å²) in [4.78, 5) is 9.67.